The molecule has 5 unspecified atom stereocenters. The zero-order chi connectivity index (χ0) is 65.9. The molecule has 0 aromatic carbocycles. The fourth-order valence-corrected chi connectivity index (χ4v) is 11.5. The molecule has 0 fully saturated rings. The molecule has 524 valence electrons. The molecule has 19 heteroatoms. The number of allylic oxidation sites excluding steroid dienone is 4. The largest absolute Gasteiger partial charge is 0.472 e. The van der Waals surface area contributed by atoms with E-state index in [9.17, 15) is 43.2 Å². The molecule has 0 aliphatic rings. The van der Waals surface area contributed by atoms with Crippen LogP contribution in [0.15, 0.2) is 24.3 Å². The van der Waals surface area contributed by atoms with Crippen LogP contribution in [0.5, 0.6) is 0 Å². The molecule has 89 heavy (non-hydrogen) atoms. The van der Waals surface area contributed by atoms with Crippen molar-refractivity contribution in [3.63, 3.8) is 0 Å². The first-order valence-electron chi connectivity index (χ1n) is 35.8. The Morgan fingerprint density at radius 2 is 0.629 bits per heavy atom. The minimum atomic E-state index is -4.96. The van der Waals surface area contributed by atoms with Crippen LogP contribution in [0.3, 0.4) is 0 Å². The summed E-state index contributed by atoms with van der Waals surface area (Å²) in [6.07, 6.45) is 46.5. The van der Waals surface area contributed by atoms with Gasteiger partial charge in [-0.2, -0.15) is 0 Å². The summed E-state index contributed by atoms with van der Waals surface area (Å²) in [5.41, 5.74) is 0. The van der Waals surface area contributed by atoms with Crippen LogP contribution in [0.1, 0.15) is 325 Å². The summed E-state index contributed by atoms with van der Waals surface area (Å²) in [7, 11) is -9.92. The number of hydrogen-bond donors (Lipinski definition) is 3. The Kier molecular flexibility index (Phi) is 58.8. The lowest BCUT2D eigenvalue weighted by atomic mass is 9.99. The van der Waals surface area contributed by atoms with Crippen molar-refractivity contribution in [3.05, 3.63) is 24.3 Å². The number of phosphoric ester groups is 2. The Hall–Kier alpha value is -2.46. The van der Waals surface area contributed by atoms with Crippen molar-refractivity contribution in [2.75, 3.05) is 39.6 Å². The van der Waals surface area contributed by atoms with E-state index in [-0.39, 0.29) is 25.7 Å². The van der Waals surface area contributed by atoms with Gasteiger partial charge in [-0.15, -0.1) is 0 Å². The molecule has 0 aliphatic heterocycles. The van der Waals surface area contributed by atoms with E-state index in [4.69, 9.17) is 37.0 Å². The van der Waals surface area contributed by atoms with Gasteiger partial charge in [0.05, 0.1) is 26.4 Å². The number of rotatable bonds is 66. The van der Waals surface area contributed by atoms with Gasteiger partial charge in [-0.3, -0.25) is 37.3 Å². The molecule has 0 radical (unpaired) electrons. The molecule has 0 saturated heterocycles. The third kappa shape index (κ3) is 60.3. The van der Waals surface area contributed by atoms with Gasteiger partial charge in [-0.1, -0.05) is 272 Å². The number of aliphatic hydroxyl groups is 1. The van der Waals surface area contributed by atoms with E-state index in [0.29, 0.717) is 25.7 Å². The standard InChI is InChI=1S/C70H132O17P2/c1-8-12-13-14-15-16-17-18-19-20-21-22-30-39-46-53-69(74)86-66(58-81-68(73)52-45-38-33-32-36-43-50-63(7)11-4)60-85-89(78,79)83-56-64(71)55-82-88(76,77)84-59-65(87-70(75)54-47-40-31-26-24-28-35-42-49-62(6)10-3)57-80-67(72)51-44-37-29-25-23-27-34-41-48-61(5)9-2/h16-19,61-66,71H,8-15,20-60H2,1-7H3,(H,76,77)(H,78,79)/b17-16-,19-18-/t61?,62?,63?,64-,65-,66-/m1/s1. The number of esters is 4. The predicted molar refractivity (Wildman–Crippen MR) is 358 cm³/mol. The summed E-state index contributed by atoms with van der Waals surface area (Å²) in [6, 6.07) is 0. The van der Waals surface area contributed by atoms with Crippen molar-refractivity contribution in [2.24, 2.45) is 17.8 Å². The Bertz CT molecular complexity index is 1850. The van der Waals surface area contributed by atoms with E-state index >= 15 is 0 Å². The first-order chi connectivity index (χ1) is 42.8. The van der Waals surface area contributed by atoms with Gasteiger partial charge in [0.15, 0.2) is 12.2 Å². The summed E-state index contributed by atoms with van der Waals surface area (Å²) in [4.78, 5) is 72.5. The average Bonchev–Trinajstić information content (AvgIpc) is 3.73. The molecule has 17 nitrogen and oxygen atoms in total. The molecule has 0 aliphatic carbocycles. The third-order valence-electron chi connectivity index (χ3n) is 16.6. The molecular weight excluding hydrogens is 1170 g/mol. The molecule has 0 spiro atoms. The molecule has 0 amide bonds. The number of hydrogen-bond acceptors (Lipinski definition) is 15. The van der Waals surface area contributed by atoms with Crippen LogP contribution in [0.25, 0.3) is 0 Å². The van der Waals surface area contributed by atoms with Crippen LogP contribution in [0.4, 0.5) is 0 Å². The topological polar surface area (TPSA) is 237 Å². The van der Waals surface area contributed by atoms with Crippen molar-refractivity contribution >= 4 is 39.5 Å². The second-order valence-electron chi connectivity index (χ2n) is 25.3. The SMILES string of the molecule is CCCCCC/C=C\C=C/CCCCCCCC(=O)O[C@H](COC(=O)CCCCCCCCC(C)CC)COP(=O)(O)OC[C@H](O)COP(=O)(O)OC[C@@H](COC(=O)CCCCCCCCCCC(C)CC)OC(=O)CCCCCCCCCCC(C)CC. The molecule has 0 aromatic rings. The van der Waals surface area contributed by atoms with Gasteiger partial charge in [0.1, 0.15) is 19.3 Å². The minimum Gasteiger partial charge on any atom is -0.462 e. The zero-order valence-corrected chi connectivity index (χ0v) is 59.2. The summed E-state index contributed by atoms with van der Waals surface area (Å²) >= 11 is 0. The van der Waals surface area contributed by atoms with Crippen LogP contribution in [-0.4, -0.2) is 96.7 Å². The van der Waals surface area contributed by atoms with Gasteiger partial charge >= 0.3 is 39.5 Å². The van der Waals surface area contributed by atoms with Crippen molar-refractivity contribution in [3.8, 4) is 0 Å². The fourth-order valence-electron chi connectivity index (χ4n) is 9.90. The number of carbonyl (C=O) groups is 4. The second-order valence-corrected chi connectivity index (χ2v) is 28.2. The smallest absolute Gasteiger partial charge is 0.462 e. The van der Waals surface area contributed by atoms with Crippen molar-refractivity contribution < 1.29 is 80.2 Å². The van der Waals surface area contributed by atoms with Crippen LogP contribution < -0.4 is 0 Å². The summed E-state index contributed by atoms with van der Waals surface area (Å²) < 4.78 is 68.2. The number of carbonyl (C=O) groups excluding carboxylic acids is 4. The highest BCUT2D eigenvalue weighted by Gasteiger charge is 2.30. The Morgan fingerprint density at radius 1 is 0.360 bits per heavy atom. The van der Waals surface area contributed by atoms with Crippen LogP contribution in [0.2, 0.25) is 0 Å². The number of aliphatic hydroxyl groups excluding tert-OH is 1. The minimum absolute atomic E-state index is 0.0835. The summed E-state index contributed by atoms with van der Waals surface area (Å²) in [5.74, 6) is 0.111. The highest BCUT2D eigenvalue weighted by atomic mass is 31.2. The van der Waals surface area contributed by atoms with Gasteiger partial charge < -0.3 is 33.8 Å². The highest BCUT2D eigenvalue weighted by molar-refractivity contribution is 7.47. The van der Waals surface area contributed by atoms with E-state index in [1.54, 1.807) is 0 Å². The van der Waals surface area contributed by atoms with Gasteiger partial charge in [0.25, 0.3) is 0 Å². The van der Waals surface area contributed by atoms with E-state index in [0.717, 1.165) is 127 Å². The lowest BCUT2D eigenvalue weighted by Gasteiger charge is -2.21. The molecule has 3 N–H and O–H groups in total. The molecule has 8 atom stereocenters. The van der Waals surface area contributed by atoms with Crippen molar-refractivity contribution in [2.45, 2.75) is 343 Å². The molecule has 0 heterocycles. The number of phosphoric acid groups is 2. The lowest BCUT2D eigenvalue weighted by Crippen LogP contribution is -2.30. The maximum atomic E-state index is 13.0. The van der Waals surface area contributed by atoms with E-state index < -0.39 is 97.5 Å². The van der Waals surface area contributed by atoms with E-state index in [1.807, 2.05) is 0 Å². The first-order valence-corrected chi connectivity index (χ1v) is 38.8. The maximum absolute atomic E-state index is 13.0. The van der Waals surface area contributed by atoms with Crippen LogP contribution >= 0.6 is 15.6 Å². The predicted octanol–water partition coefficient (Wildman–Crippen LogP) is 19.4. The third-order valence-corrected chi connectivity index (χ3v) is 18.5. The fraction of sp³-hybridized carbons (Fsp3) is 0.886. The molecule has 0 saturated carbocycles. The quantitative estimate of drug-likeness (QED) is 0.0169. The number of unbranched alkanes of at least 4 members (excludes halogenated alkanes) is 28. The van der Waals surface area contributed by atoms with Gasteiger partial charge in [-0.25, -0.2) is 9.13 Å². The first kappa shape index (κ1) is 86.5. The summed E-state index contributed by atoms with van der Waals surface area (Å²) in [5, 5.41) is 10.6. The van der Waals surface area contributed by atoms with Gasteiger partial charge in [0, 0.05) is 25.7 Å². The lowest BCUT2D eigenvalue weighted by molar-refractivity contribution is -0.161. The van der Waals surface area contributed by atoms with Crippen LogP contribution in [0, 0.1) is 17.8 Å². The molecule has 0 aromatic heterocycles. The Morgan fingerprint density at radius 3 is 0.944 bits per heavy atom. The van der Waals surface area contributed by atoms with E-state index in [1.165, 1.54) is 116 Å². The van der Waals surface area contributed by atoms with Crippen molar-refractivity contribution in [1.82, 2.24) is 0 Å². The van der Waals surface area contributed by atoms with Crippen LogP contribution in [-0.2, 0) is 65.4 Å². The zero-order valence-electron chi connectivity index (χ0n) is 57.4. The Balaban J connectivity index is 5.31. The number of ether oxygens (including phenoxy) is 4. The summed E-state index contributed by atoms with van der Waals surface area (Å²) in [6.45, 7) is 11.7. The average molecular weight is 1310 g/mol. The van der Waals surface area contributed by atoms with Crippen molar-refractivity contribution in [1.29, 1.82) is 0 Å². The van der Waals surface area contributed by atoms with Gasteiger partial charge in [-0.05, 0) is 69.1 Å². The Labute approximate surface area is 542 Å². The normalized spacial score (nSPS) is 15.3. The monoisotopic (exact) mass is 1310 g/mol. The molecular formula is C70H132O17P2. The van der Waals surface area contributed by atoms with E-state index in [2.05, 4.69) is 72.8 Å². The molecule has 0 rings (SSSR count). The molecule has 0 bridgehead atoms. The maximum Gasteiger partial charge on any atom is 0.472 e. The second kappa shape index (κ2) is 60.5. The van der Waals surface area contributed by atoms with Gasteiger partial charge in [0.2, 0.25) is 0 Å². The highest BCUT2D eigenvalue weighted by Crippen LogP contribution is 2.45.